The normalized spacial score (nSPS) is 10.4. The highest BCUT2D eigenvalue weighted by molar-refractivity contribution is 5.97. The number of carbonyl (C=O) groups excluding carboxylic acids is 1. The number of ether oxygens (including phenoxy) is 1. The van der Waals surface area contributed by atoms with Crippen molar-refractivity contribution in [1.82, 2.24) is 9.55 Å². The molecule has 0 radical (unpaired) electrons. The van der Waals surface area contributed by atoms with Gasteiger partial charge in [-0.25, -0.2) is 9.59 Å². The van der Waals surface area contributed by atoms with Gasteiger partial charge in [-0.05, 0) is 26.0 Å². The molecule has 0 bridgehead atoms. The van der Waals surface area contributed by atoms with Gasteiger partial charge in [0, 0.05) is 30.4 Å². The molecule has 1 heterocycles. The summed E-state index contributed by atoms with van der Waals surface area (Å²) in [5.74, 6) is -0.596. The number of nitrogens with zero attached hydrogens (tertiary/aromatic N) is 3. The number of aromatic nitrogens is 2. The topological polar surface area (TPSA) is 104 Å². The third kappa shape index (κ3) is 3.10. The highest BCUT2D eigenvalue weighted by Gasteiger charge is 2.22. The SMILES string of the molecule is CCOC(=O)c1c(-c2ccc([N+](=O)[O-])cc2)nc(=O)n(C)c1C. The van der Waals surface area contributed by atoms with Crippen LogP contribution in [0.25, 0.3) is 11.3 Å². The van der Waals surface area contributed by atoms with Gasteiger partial charge in [0.05, 0.1) is 17.2 Å². The summed E-state index contributed by atoms with van der Waals surface area (Å²) in [6, 6.07) is 5.47. The minimum Gasteiger partial charge on any atom is -0.462 e. The van der Waals surface area contributed by atoms with Crippen molar-refractivity contribution >= 4 is 11.7 Å². The zero-order valence-electron chi connectivity index (χ0n) is 12.9. The first-order valence-electron chi connectivity index (χ1n) is 6.86. The van der Waals surface area contributed by atoms with Crippen LogP contribution in [0.2, 0.25) is 0 Å². The van der Waals surface area contributed by atoms with Crippen LogP contribution in [0.15, 0.2) is 29.1 Å². The molecule has 120 valence electrons. The summed E-state index contributed by atoms with van der Waals surface area (Å²) in [7, 11) is 1.51. The van der Waals surface area contributed by atoms with E-state index >= 15 is 0 Å². The van der Waals surface area contributed by atoms with E-state index in [4.69, 9.17) is 4.74 Å². The van der Waals surface area contributed by atoms with Gasteiger partial charge >= 0.3 is 11.7 Å². The Morgan fingerprint density at radius 2 is 1.96 bits per heavy atom. The fraction of sp³-hybridized carbons (Fsp3) is 0.267. The Labute approximate surface area is 131 Å². The van der Waals surface area contributed by atoms with Gasteiger partial charge < -0.3 is 4.74 Å². The summed E-state index contributed by atoms with van der Waals surface area (Å²) < 4.78 is 6.28. The quantitative estimate of drug-likeness (QED) is 0.484. The van der Waals surface area contributed by atoms with Gasteiger partial charge in [0.25, 0.3) is 5.69 Å². The van der Waals surface area contributed by atoms with Crippen LogP contribution in [-0.4, -0.2) is 27.1 Å². The van der Waals surface area contributed by atoms with Crippen LogP contribution in [0.4, 0.5) is 5.69 Å². The molecule has 0 aliphatic heterocycles. The largest absolute Gasteiger partial charge is 0.462 e. The summed E-state index contributed by atoms with van der Waals surface area (Å²) in [5, 5.41) is 10.7. The first-order valence-corrected chi connectivity index (χ1v) is 6.86. The van der Waals surface area contributed by atoms with Gasteiger partial charge in [-0.3, -0.25) is 14.7 Å². The van der Waals surface area contributed by atoms with Crippen LogP contribution >= 0.6 is 0 Å². The standard InChI is InChI=1S/C15H15N3O5/c1-4-23-14(19)12-9(2)17(3)15(20)16-13(12)10-5-7-11(8-6-10)18(21)22/h5-8H,4H2,1-3H3. The van der Waals surface area contributed by atoms with E-state index in [9.17, 15) is 19.7 Å². The number of nitro benzene ring substituents is 1. The number of carbonyl (C=O) groups is 1. The minimum absolute atomic E-state index is 0.0907. The molecule has 23 heavy (non-hydrogen) atoms. The average Bonchev–Trinajstić information content (AvgIpc) is 2.52. The summed E-state index contributed by atoms with van der Waals surface area (Å²) in [6.07, 6.45) is 0. The third-order valence-corrected chi connectivity index (χ3v) is 3.43. The Bertz CT molecular complexity index is 824. The third-order valence-electron chi connectivity index (χ3n) is 3.43. The molecule has 2 rings (SSSR count). The van der Waals surface area contributed by atoms with Gasteiger partial charge in [-0.1, -0.05) is 0 Å². The fourth-order valence-corrected chi connectivity index (χ4v) is 2.11. The lowest BCUT2D eigenvalue weighted by Crippen LogP contribution is -2.27. The molecule has 0 fully saturated rings. The second-order valence-electron chi connectivity index (χ2n) is 4.79. The summed E-state index contributed by atoms with van der Waals surface area (Å²) in [4.78, 5) is 38.3. The Kier molecular flexibility index (Phi) is 4.54. The van der Waals surface area contributed by atoms with Gasteiger partial charge in [0.1, 0.15) is 5.56 Å². The van der Waals surface area contributed by atoms with E-state index in [0.717, 1.165) is 0 Å². The maximum absolute atomic E-state index is 12.2. The van der Waals surface area contributed by atoms with Crippen molar-refractivity contribution in [2.75, 3.05) is 6.61 Å². The molecule has 0 saturated heterocycles. The molecular formula is C15H15N3O5. The van der Waals surface area contributed by atoms with Crippen LogP contribution in [0.3, 0.4) is 0 Å². The molecule has 1 aromatic carbocycles. The molecular weight excluding hydrogens is 302 g/mol. The van der Waals surface area contributed by atoms with Crippen LogP contribution in [-0.2, 0) is 11.8 Å². The lowest BCUT2D eigenvalue weighted by atomic mass is 10.0. The van der Waals surface area contributed by atoms with Gasteiger partial charge in [-0.15, -0.1) is 0 Å². The maximum Gasteiger partial charge on any atom is 0.348 e. The summed E-state index contributed by atoms with van der Waals surface area (Å²) in [5.41, 5.74) is 0.550. The van der Waals surface area contributed by atoms with Crippen molar-refractivity contribution < 1.29 is 14.5 Å². The zero-order valence-corrected chi connectivity index (χ0v) is 12.9. The van der Waals surface area contributed by atoms with E-state index in [1.807, 2.05) is 0 Å². The summed E-state index contributed by atoms with van der Waals surface area (Å²) >= 11 is 0. The lowest BCUT2D eigenvalue weighted by molar-refractivity contribution is -0.384. The Hall–Kier alpha value is -3.03. The van der Waals surface area contributed by atoms with Crippen LogP contribution in [0, 0.1) is 17.0 Å². The number of esters is 1. The Balaban J connectivity index is 2.67. The van der Waals surface area contributed by atoms with Crippen LogP contribution in [0.1, 0.15) is 23.0 Å². The van der Waals surface area contributed by atoms with E-state index < -0.39 is 16.6 Å². The molecule has 0 unspecified atom stereocenters. The van der Waals surface area contributed by atoms with Crippen molar-refractivity contribution in [3.05, 3.63) is 56.1 Å². The van der Waals surface area contributed by atoms with E-state index in [-0.39, 0.29) is 23.6 Å². The van der Waals surface area contributed by atoms with Crippen LogP contribution in [0.5, 0.6) is 0 Å². The smallest absolute Gasteiger partial charge is 0.348 e. The van der Waals surface area contributed by atoms with Gasteiger partial charge in [0.15, 0.2) is 0 Å². The second-order valence-corrected chi connectivity index (χ2v) is 4.79. The molecule has 2 aromatic rings. The first-order chi connectivity index (χ1) is 10.9. The maximum atomic E-state index is 12.2. The molecule has 0 aliphatic rings. The molecule has 0 N–H and O–H groups in total. The van der Waals surface area contributed by atoms with Crippen molar-refractivity contribution in [3.8, 4) is 11.3 Å². The fourth-order valence-electron chi connectivity index (χ4n) is 2.11. The van der Waals surface area contributed by atoms with E-state index in [1.165, 1.54) is 35.9 Å². The predicted octanol–water partition coefficient (Wildman–Crippen LogP) is 1.84. The number of benzene rings is 1. The molecule has 0 spiro atoms. The minimum atomic E-state index is -0.596. The summed E-state index contributed by atoms with van der Waals surface area (Å²) in [6.45, 7) is 3.47. The number of hydrogen-bond acceptors (Lipinski definition) is 6. The second kappa shape index (κ2) is 6.39. The van der Waals surface area contributed by atoms with Crippen molar-refractivity contribution in [3.63, 3.8) is 0 Å². The molecule has 8 nitrogen and oxygen atoms in total. The van der Waals surface area contributed by atoms with Crippen LogP contribution < -0.4 is 5.69 Å². The molecule has 1 aromatic heterocycles. The Morgan fingerprint density at radius 3 is 2.48 bits per heavy atom. The van der Waals surface area contributed by atoms with Crippen molar-refractivity contribution in [2.24, 2.45) is 7.05 Å². The molecule has 8 heteroatoms. The number of rotatable bonds is 4. The van der Waals surface area contributed by atoms with E-state index in [2.05, 4.69) is 4.98 Å². The molecule has 0 atom stereocenters. The highest BCUT2D eigenvalue weighted by atomic mass is 16.6. The Morgan fingerprint density at radius 1 is 1.35 bits per heavy atom. The molecule has 0 amide bonds. The number of nitro groups is 1. The molecule has 0 saturated carbocycles. The average molecular weight is 317 g/mol. The highest BCUT2D eigenvalue weighted by Crippen LogP contribution is 2.25. The predicted molar refractivity (Wildman–Crippen MR) is 82.3 cm³/mol. The first kappa shape index (κ1) is 16.3. The van der Waals surface area contributed by atoms with Crippen molar-refractivity contribution in [1.29, 1.82) is 0 Å². The van der Waals surface area contributed by atoms with E-state index in [0.29, 0.717) is 11.3 Å². The van der Waals surface area contributed by atoms with Gasteiger partial charge in [0.2, 0.25) is 0 Å². The molecule has 0 aliphatic carbocycles. The number of hydrogen-bond donors (Lipinski definition) is 0. The number of non-ortho nitro benzene ring substituents is 1. The van der Waals surface area contributed by atoms with Crippen molar-refractivity contribution in [2.45, 2.75) is 13.8 Å². The monoisotopic (exact) mass is 317 g/mol. The zero-order chi connectivity index (χ0) is 17.1. The van der Waals surface area contributed by atoms with Gasteiger partial charge in [-0.2, -0.15) is 4.98 Å². The lowest BCUT2D eigenvalue weighted by Gasteiger charge is -2.13. The van der Waals surface area contributed by atoms with E-state index in [1.54, 1.807) is 13.8 Å².